The van der Waals surface area contributed by atoms with Crippen molar-refractivity contribution in [2.24, 2.45) is 0 Å². The van der Waals surface area contributed by atoms with Gasteiger partial charge in [-0.2, -0.15) is 0 Å². The van der Waals surface area contributed by atoms with Crippen molar-refractivity contribution < 1.29 is 9.53 Å². The van der Waals surface area contributed by atoms with Gasteiger partial charge < -0.3 is 10.1 Å². The smallest absolute Gasteiger partial charge is 0.250 e. The topological polar surface area (TPSA) is 51.2 Å². The molecule has 1 aliphatic heterocycles. The number of amides is 1. The third kappa shape index (κ3) is 3.48. The monoisotopic (exact) mass is 334 g/mol. The molecule has 4 nitrogen and oxygen atoms in total. The number of ether oxygens (including phenoxy) is 1. The number of thiazole rings is 1. The van der Waals surface area contributed by atoms with E-state index < -0.39 is 0 Å². The lowest BCUT2D eigenvalue weighted by Gasteiger charge is -2.17. The minimum Gasteiger partial charge on any atom is -0.488 e. The molecule has 6 heteroatoms. The summed E-state index contributed by atoms with van der Waals surface area (Å²) in [5.41, 5.74) is 2.44. The summed E-state index contributed by atoms with van der Waals surface area (Å²) in [6, 6.07) is 5.38. The predicted molar refractivity (Wildman–Crippen MR) is 88.5 cm³/mol. The SMILES string of the molecule is Cc1nc(CCNC(=O)C2=Cc3cc(Cl)ccc3OC2)cs1. The maximum absolute atomic E-state index is 12.2. The van der Waals surface area contributed by atoms with Gasteiger partial charge in [0.25, 0.3) is 5.91 Å². The Hall–Kier alpha value is -1.85. The standard InChI is InChI=1S/C16H15ClN2O2S/c1-10-19-14(9-22-10)4-5-18-16(20)12-6-11-7-13(17)2-3-15(11)21-8-12/h2-3,6-7,9H,4-5,8H2,1H3,(H,18,20). The number of benzene rings is 1. The van der Waals surface area contributed by atoms with Gasteiger partial charge in [0.05, 0.1) is 16.3 Å². The van der Waals surface area contributed by atoms with E-state index in [4.69, 9.17) is 16.3 Å². The van der Waals surface area contributed by atoms with E-state index in [1.54, 1.807) is 23.5 Å². The van der Waals surface area contributed by atoms with Gasteiger partial charge in [0.15, 0.2) is 0 Å². The number of carbonyl (C=O) groups is 1. The van der Waals surface area contributed by atoms with Crippen LogP contribution in [0.3, 0.4) is 0 Å². The highest BCUT2D eigenvalue weighted by atomic mass is 35.5. The fourth-order valence-corrected chi connectivity index (χ4v) is 3.05. The average Bonchev–Trinajstić information content (AvgIpc) is 2.92. The normalized spacial score (nSPS) is 13.1. The molecular weight excluding hydrogens is 320 g/mol. The number of halogens is 1. The molecule has 0 atom stereocenters. The Morgan fingerprint density at radius 3 is 3.14 bits per heavy atom. The van der Waals surface area contributed by atoms with E-state index in [1.807, 2.05) is 24.4 Å². The van der Waals surface area contributed by atoms with E-state index in [2.05, 4.69) is 10.3 Å². The van der Waals surface area contributed by atoms with Crippen LogP contribution in [-0.4, -0.2) is 24.0 Å². The first-order valence-electron chi connectivity index (χ1n) is 6.94. The highest BCUT2D eigenvalue weighted by molar-refractivity contribution is 7.09. The van der Waals surface area contributed by atoms with E-state index >= 15 is 0 Å². The Morgan fingerprint density at radius 1 is 1.50 bits per heavy atom. The van der Waals surface area contributed by atoms with Crippen LogP contribution in [0.4, 0.5) is 0 Å². The highest BCUT2D eigenvalue weighted by Crippen LogP contribution is 2.28. The van der Waals surface area contributed by atoms with Crippen LogP contribution in [0, 0.1) is 6.92 Å². The number of hydrogen-bond donors (Lipinski definition) is 1. The molecule has 114 valence electrons. The van der Waals surface area contributed by atoms with Gasteiger partial charge in [0.2, 0.25) is 0 Å². The molecule has 1 aromatic carbocycles. The van der Waals surface area contributed by atoms with Crippen molar-refractivity contribution >= 4 is 34.9 Å². The van der Waals surface area contributed by atoms with Crippen LogP contribution in [0.5, 0.6) is 5.75 Å². The lowest BCUT2D eigenvalue weighted by atomic mass is 10.1. The van der Waals surface area contributed by atoms with Crippen molar-refractivity contribution in [3.05, 3.63) is 50.4 Å². The van der Waals surface area contributed by atoms with E-state index in [9.17, 15) is 4.79 Å². The van der Waals surface area contributed by atoms with E-state index in [0.717, 1.165) is 28.4 Å². The molecule has 0 saturated heterocycles. The van der Waals surface area contributed by atoms with Crippen LogP contribution >= 0.6 is 22.9 Å². The molecule has 2 aromatic rings. The number of fused-ring (bicyclic) bond motifs is 1. The molecule has 0 fully saturated rings. The number of aromatic nitrogens is 1. The number of carbonyl (C=O) groups excluding carboxylic acids is 1. The van der Waals surface area contributed by atoms with Gasteiger partial charge in [-0.05, 0) is 31.2 Å². The van der Waals surface area contributed by atoms with Crippen molar-refractivity contribution in [2.75, 3.05) is 13.2 Å². The zero-order valence-corrected chi connectivity index (χ0v) is 13.6. The molecule has 0 aliphatic carbocycles. The van der Waals surface area contributed by atoms with Crippen molar-refractivity contribution in [3.8, 4) is 5.75 Å². The van der Waals surface area contributed by atoms with Crippen molar-refractivity contribution in [1.29, 1.82) is 0 Å². The summed E-state index contributed by atoms with van der Waals surface area (Å²) in [6.45, 7) is 2.80. The van der Waals surface area contributed by atoms with Gasteiger partial charge in [0.1, 0.15) is 12.4 Å². The maximum Gasteiger partial charge on any atom is 0.250 e. The average molecular weight is 335 g/mol. The number of rotatable bonds is 4. The molecule has 0 radical (unpaired) electrons. The summed E-state index contributed by atoms with van der Waals surface area (Å²) in [4.78, 5) is 16.6. The lowest BCUT2D eigenvalue weighted by Crippen LogP contribution is -2.30. The molecule has 1 aliphatic rings. The minimum atomic E-state index is -0.113. The molecule has 22 heavy (non-hydrogen) atoms. The van der Waals surface area contributed by atoms with Gasteiger partial charge in [0, 0.05) is 28.9 Å². The van der Waals surface area contributed by atoms with Gasteiger partial charge in [-0.15, -0.1) is 11.3 Å². The third-order valence-corrected chi connectivity index (χ3v) is 4.37. The van der Waals surface area contributed by atoms with E-state index in [1.165, 1.54) is 0 Å². The fourth-order valence-electron chi connectivity index (χ4n) is 2.22. The fraction of sp³-hybridized carbons (Fsp3) is 0.250. The molecule has 0 bridgehead atoms. The zero-order valence-electron chi connectivity index (χ0n) is 12.1. The van der Waals surface area contributed by atoms with Crippen LogP contribution < -0.4 is 10.1 Å². The van der Waals surface area contributed by atoms with Crippen LogP contribution in [0.15, 0.2) is 29.2 Å². The predicted octanol–water partition coefficient (Wildman–Crippen LogP) is 3.24. The molecule has 1 N–H and O–H groups in total. The summed E-state index contributed by atoms with van der Waals surface area (Å²) in [7, 11) is 0. The van der Waals surface area contributed by atoms with Gasteiger partial charge >= 0.3 is 0 Å². The molecule has 0 spiro atoms. The quantitative estimate of drug-likeness (QED) is 0.933. The summed E-state index contributed by atoms with van der Waals surface area (Å²) in [5, 5.41) is 6.58. The Bertz CT molecular complexity index is 739. The van der Waals surface area contributed by atoms with Crippen molar-refractivity contribution in [1.82, 2.24) is 10.3 Å². The van der Waals surface area contributed by atoms with Crippen LogP contribution in [-0.2, 0) is 11.2 Å². The second-order valence-corrected chi connectivity index (χ2v) is 6.50. The Labute approximate surface area is 137 Å². The molecule has 0 saturated carbocycles. The van der Waals surface area contributed by atoms with Crippen LogP contribution in [0.2, 0.25) is 5.02 Å². The number of nitrogens with zero attached hydrogens (tertiary/aromatic N) is 1. The largest absolute Gasteiger partial charge is 0.488 e. The summed E-state index contributed by atoms with van der Waals surface area (Å²) in [6.07, 6.45) is 2.56. The summed E-state index contributed by atoms with van der Waals surface area (Å²) in [5.74, 6) is 0.636. The number of nitrogens with one attached hydrogen (secondary N) is 1. The third-order valence-electron chi connectivity index (χ3n) is 3.31. The number of hydrogen-bond acceptors (Lipinski definition) is 4. The van der Waals surface area contributed by atoms with Crippen molar-refractivity contribution in [3.63, 3.8) is 0 Å². The number of aryl methyl sites for hydroxylation is 1. The van der Waals surface area contributed by atoms with E-state index in [0.29, 0.717) is 17.1 Å². The highest BCUT2D eigenvalue weighted by Gasteiger charge is 2.17. The first-order valence-corrected chi connectivity index (χ1v) is 8.20. The first kappa shape index (κ1) is 15.1. The summed E-state index contributed by atoms with van der Waals surface area (Å²) < 4.78 is 5.58. The lowest BCUT2D eigenvalue weighted by molar-refractivity contribution is -0.117. The second-order valence-electron chi connectivity index (χ2n) is 5.00. The Balaban J connectivity index is 1.60. The molecule has 1 aromatic heterocycles. The van der Waals surface area contributed by atoms with Crippen LogP contribution in [0.1, 0.15) is 16.3 Å². The van der Waals surface area contributed by atoms with Crippen LogP contribution in [0.25, 0.3) is 6.08 Å². The van der Waals surface area contributed by atoms with Gasteiger partial charge in [-0.1, -0.05) is 11.6 Å². The van der Waals surface area contributed by atoms with Gasteiger partial charge in [-0.3, -0.25) is 4.79 Å². The Kier molecular flexibility index (Phi) is 4.45. The molecule has 2 heterocycles. The molecular formula is C16H15ClN2O2S. The van der Waals surface area contributed by atoms with Gasteiger partial charge in [-0.25, -0.2) is 4.98 Å². The molecule has 1 amide bonds. The second kappa shape index (κ2) is 6.50. The first-order chi connectivity index (χ1) is 10.6. The Morgan fingerprint density at radius 2 is 2.36 bits per heavy atom. The molecule has 3 rings (SSSR count). The minimum absolute atomic E-state index is 0.113. The summed E-state index contributed by atoms with van der Waals surface area (Å²) >= 11 is 7.58. The zero-order chi connectivity index (χ0) is 15.5. The van der Waals surface area contributed by atoms with Crippen molar-refractivity contribution in [2.45, 2.75) is 13.3 Å². The maximum atomic E-state index is 12.2. The molecule has 0 unspecified atom stereocenters. The van der Waals surface area contributed by atoms with E-state index in [-0.39, 0.29) is 12.5 Å².